The Balaban J connectivity index is 1.80. The topological polar surface area (TPSA) is 75.7 Å². The van der Waals surface area contributed by atoms with E-state index in [1.54, 1.807) is 42.5 Å². The second-order valence-electron chi connectivity index (χ2n) is 7.72. The lowest BCUT2D eigenvalue weighted by Gasteiger charge is -2.26. The molecule has 0 aliphatic heterocycles. The molecule has 7 heteroatoms. The van der Waals surface area contributed by atoms with Crippen LogP contribution in [-0.4, -0.2) is 33.5 Å². The first-order valence-corrected chi connectivity index (χ1v) is 12.5. The number of sulfonamides is 1. The molecule has 3 rings (SSSR count). The lowest BCUT2D eigenvalue weighted by Crippen LogP contribution is -2.43. The Morgan fingerprint density at radius 1 is 0.939 bits per heavy atom. The normalized spacial score (nSPS) is 12.1. The van der Waals surface area contributed by atoms with E-state index in [2.05, 4.69) is 5.32 Å². The molecule has 3 aromatic rings. The van der Waals surface area contributed by atoms with Crippen LogP contribution in [0, 0.1) is 0 Å². The van der Waals surface area contributed by atoms with E-state index in [1.807, 2.05) is 44.2 Å². The summed E-state index contributed by atoms with van der Waals surface area (Å²) in [6.07, 6.45) is 1.57. The third-order valence-corrected chi connectivity index (χ3v) is 6.94. The summed E-state index contributed by atoms with van der Waals surface area (Å²) in [6, 6.07) is 24.9. The Labute approximate surface area is 196 Å². The van der Waals surface area contributed by atoms with Gasteiger partial charge in [-0.15, -0.1) is 0 Å². The Hall–Kier alpha value is -3.32. The maximum Gasteiger partial charge on any atom is 0.264 e. The first-order valence-electron chi connectivity index (χ1n) is 11.0. The highest BCUT2D eigenvalue weighted by Crippen LogP contribution is 2.32. The maximum absolute atomic E-state index is 13.5. The van der Waals surface area contributed by atoms with Gasteiger partial charge in [0.2, 0.25) is 5.91 Å². The molecule has 0 heterocycles. The van der Waals surface area contributed by atoms with Crippen LogP contribution in [0.25, 0.3) is 0 Å². The second kappa shape index (κ2) is 11.5. The summed E-state index contributed by atoms with van der Waals surface area (Å²) in [5.41, 5.74) is 1.52. The number of anilines is 1. The summed E-state index contributed by atoms with van der Waals surface area (Å²) in [6.45, 7) is 3.77. The Bertz CT molecular complexity index is 1140. The first kappa shape index (κ1) is 24.3. The SMILES string of the molecule is CCOc1ccccc1N(CC(=O)N[C@H](C)CCc1ccccc1)S(=O)(=O)c1ccccc1. The van der Waals surface area contributed by atoms with E-state index in [9.17, 15) is 13.2 Å². The number of hydrogen-bond acceptors (Lipinski definition) is 4. The van der Waals surface area contributed by atoms with Crippen LogP contribution in [0.3, 0.4) is 0 Å². The molecule has 1 amide bonds. The zero-order valence-corrected chi connectivity index (χ0v) is 19.8. The van der Waals surface area contributed by atoms with Crippen molar-refractivity contribution in [1.82, 2.24) is 5.32 Å². The van der Waals surface area contributed by atoms with Crippen LogP contribution in [0.2, 0.25) is 0 Å². The van der Waals surface area contributed by atoms with E-state index in [-0.39, 0.29) is 23.4 Å². The molecule has 0 aliphatic rings. The molecule has 0 saturated heterocycles. The number of hydrogen-bond donors (Lipinski definition) is 1. The number of amides is 1. The molecule has 0 saturated carbocycles. The summed E-state index contributed by atoms with van der Waals surface area (Å²) < 4.78 is 33.8. The largest absolute Gasteiger partial charge is 0.492 e. The maximum atomic E-state index is 13.5. The van der Waals surface area contributed by atoms with Crippen molar-refractivity contribution in [2.24, 2.45) is 0 Å². The summed E-state index contributed by atoms with van der Waals surface area (Å²) in [7, 11) is -3.99. The predicted molar refractivity (Wildman–Crippen MR) is 131 cm³/mol. The summed E-state index contributed by atoms with van der Waals surface area (Å²) in [5, 5.41) is 2.94. The van der Waals surface area contributed by atoms with Crippen molar-refractivity contribution in [2.45, 2.75) is 37.6 Å². The number of para-hydroxylation sites is 2. The molecular weight excluding hydrogens is 436 g/mol. The third-order valence-electron chi connectivity index (χ3n) is 5.17. The highest BCUT2D eigenvalue weighted by molar-refractivity contribution is 7.92. The van der Waals surface area contributed by atoms with Gasteiger partial charge in [0.15, 0.2) is 0 Å². The molecule has 0 bridgehead atoms. The molecule has 6 nitrogen and oxygen atoms in total. The van der Waals surface area contributed by atoms with E-state index < -0.39 is 10.0 Å². The third kappa shape index (κ3) is 6.58. The lowest BCUT2D eigenvalue weighted by atomic mass is 10.1. The second-order valence-corrected chi connectivity index (χ2v) is 9.58. The molecule has 3 aromatic carbocycles. The molecule has 1 atom stereocenters. The van der Waals surface area contributed by atoms with Gasteiger partial charge in [0.05, 0.1) is 17.2 Å². The molecule has 0 spiro atoms. The van der Waals surface area contributed by atoms with Crippen molar-refractivity contribution in [3.63, 3.8) is 0 Å². The minimum absolute atomic E-state index is 0.110. The van der Waals surface area contributed by atoms with Crippen molar-refractivity contribution >= 4 is 21.6 Å². The number of aryl methyl sites for hydroxylation is 1. The van der Waals surface area contributed by atoms with Crippen LogP contribution in [0.1, 0.15) is 25.8 Å². The summed E-state index contributed by atoms with van der Waals surface area (Å²) in [5.74, 6) is 0.0331. The minimum atomic E-state index is -3.99. The molecule has 33 heavy (non-hydrogen) atoms. The van der Waals surface area contributed by atoms with Gasteiger partial charge in [0, 0.05) is 6.04 Å². The van der Waals surface area contributed by atoms with Crippen LogP contribution >= 0.6 is 0 Å². The number of carbonyl (C=O) groups is 1. The minimum Gasteiger partial charge on any atom is -0.492 e. The van der Waals surface area contributed by atoms with Gasteiger partial charge < -0.3 is 10.1 Å². The summed E-state index contributed by atoms with van der Waals surface area (Å²) in [4.78, 5) is 13.0. The number of carbonyl (C=O) groups excluding carboxylic acids is 1. The van der Waals surface area contributed by atoms with Crippen LogP contribution in [0.15, 0.2) is 89.8 Å². The van der Waals surface area contributed by atoms with Crippen LogP contribution in [0.4, 0.5) is 5.69 Å². The average Bonchev–Trinajstić information content (AvgIpc) is 2.83. The Morgan fingerprint density at radius 3 is 2.21 bits per heavy atom. The van der Waals surface area contributed by atoms with Crippen molar-refractivity contribution in [3.05, 3.63) is 90.5 Å². The molecule has 174 valence electrons. The molecule has 0 fully saturated rings. The summed E-state index contributed by atoms with van der Waals surface area (Å²) >= 11 is 0. The number of rotatable bonds is 11. The molecule has 1 N–H and O–H groups in total. The van der Waals surface area contributed by atoms with E-state index >= 15 is 0 Å². The zero-order valence-electron chi connectivity index (χ0n) is 19.0. The van der Waals surface area contributed by atoms with Gasteiger partial charge >= 0.3 is 0 Å². The molecular formula is C26H30N2O4S. The smallest absolute Gasteiger partial charge is 0.264 e. The fourth-order valence-electron chi connectivity index (χ4n) is 3.51. The Morgan fingerprint density at radius 2 is 1.55 bits per heavy atom. The Kier molecular flexibility index (Phi) is 8.49. The van der Waals surface area contributed by atoms with Gasteiger partial charge in [-0.1, -0.05) is 60.7 Å². The number of nitrogens with zero attached hydrogens (tertiary/aromatic N) is 1. The van der Waals surface area contributed by atoms with Gasteiger partial charge in [0.1, 0.15) is 12.3 Å². The van der Waals surface area contributed by atoms with Gasteiger partial charge in [-0.25, -0.2) is 8.42 Å². The fourth-order valence-corrected chi connectivity index (χ4v) is 4.96. The highest BCUT2D eigenvalue weighted by atomic mass is 32.2. The number of nitrogens with one attached hydrogen (secondary N) is 1. The molecule has 0 aromatic heterocycles. The molecule has 0 aliphatic carbocycles. The fraction of sp³-hybridized carbons (Fsp3) is 0.269. The molecule has 0 radical (unpaired) electrons. The van der Waals surface area contributed by atoms with E-state index in [0.29, 0.717) is 18.0 Å². The highest BCUT2D eigenvalue weighted by Gasteiger charge is 2.29. The number of ether oxygens (including phenoxy) is 1. The van der Waals surface area contributed by atoms with Crippen LogP contribution in [0.5, 0.6) is 5.75 Å². The van der Waals surface area contributed by atoms with Gasteiger partial charge in [-0.2, -0.15) is 0 Å². The van der Waals surface area contributed by atoms with Crippen molar-refractivity contribution < 1.29 is 17.9 Å². The number of benzene rings is 3. The first-order chi connectivity index (χ1) is 15.9. The standard InChI is InChI=1S/C26H30N2O4S/c1-3-32-25-17-11-10-16-24(25)28(33(30,31)23-14-8-5-9-15-23)20-26(29)27-21(2)18-19-22-12-6-4-7-13-22/h4-17,21H,3,18-20H2,1-2H3,(H,27,29)/t21-/m1/s1. The van der Waals surface area contributed by atoms with Crippen LogP contribution < -0.4 is 14.4 Å². The molecule has 0 unspecified atom stereocenters. The van der Waals surface area contributed by atoms with Crippen molar-refractivity contribution in [3.8, 4) is 5.75 Å². The van der Waals surface area contributed by atoms with Gasteiger partial charge in [-0.05, 0) is 56.5 Å². The van der Waals surface area contributed by atoms with E-state index in [0.717, 1.165) is 17.1 Å². The van der Waals surface area contributed by atoms with E-state index in [1.165, 1.54) is 17.7 Å². The lowest BCUT2D eigenvalue weighted by molar-refractivity contribution is -0.120. The van der Waals surface area contributed by atoms with E-state index in [4.69, 9.17) is 4.74 Å². The quantitative estimate of drug-likeness (QED) is 0.454. The van der Waals surface area contributed by atoms with Crippen molar-refractivity contribution in [1.29, 1.82) is 0 Å². The van der Waals surface area contributed by atoms with Crippen LogP contribution in [-0.2, 0) is 21.2 Å². The predicted octanol–water partition coefficient (Wildman–Crippen LogP) is 4.42. The monoisotopic (exact) mass is 466 g/mol. The van der Waals surface area contributed by atoms with Gasteiger partial charge in [-0.3, -0.25) is 9.10 Å². The van der Waals surface area contributed by atoms with Crippen molar-refractivity contribution in [2.75, 3.05) is 17.5 Å². The zero-order chi connectivity index (χ0) is 23.7. The average molecular weight is 467 g/mol. The van der Waals surface area contributed by atoms with Gasteiger partial charge in [0.25, 0.3) is 10.0 Å².